The molecular formula is C32H39F3N4O4S. The molecule has 0 aliphatic carbocycles. The number of carbonyl (C=O) groups excluding carboxylic acids is 1. The van der Waals surface area contributed by atoms with Crippen LogP contribution in [0.3, 0.4) is 0 Å². The second-order valence-corrected chi connectivity index (χ2v) is 12.6. The summed E-state index contributed by atoms with van der Waals surface area (Å²) in [7, 11) is 1.65. The van der Waals surface area contributed by atoms with Crippen molar-refractivity contribution >= 4 is 28.6 Å². The number of nitrogens with zero attached hydrogens (tertiary/aromatic N) is 3. The third-order valence-electron chi connectivity index (χ3n) is 8.88. The van der Waals surface area contributed by atoms with Gasteiger partial charge in [0.15, 0.2) is 11.6 Å². The van der Waals surface area contributed by atoms with Crippen LogP contribution in [0, 0.1) is 22.9 Å². The van der Waals surface area contributed by atoms with Crippen LogP contribution in [0.25, 0.3) is 10.9 Å². The Morgan fingerprint density at radius 3 is 2.61 bits per heavy atom. The fourth-order valence-corrected chi connectivity index (χ4v) is 7.26. The first-order chi connectivity index (χ1) is 21.3. The monoisotopic (exact) mass is 632 g/mol. The number of hydrogen-bond donors (Lipinski definition) is 2. The van der Waals surface area contributed by atoms with E-state index >= 15 is 0 Å². The molecule has 1 aromatic heterocycles. The lowest BCUT2D eigenvalue weighted by molar-refractivity contribution is -0.143. The van der Waals surface area contributed by atoms with Crippen molar-refractivity contribution in [1.29, 1.82) is 0 Å². The largest absolute Gasteiger partial charge is 0.497 e. The maximum Gasteiger partial charge on any atom is 0.249 e. The lowest BCUT2D eigenvalue weighted by atomic mass is 9.73. The van der Waals surface area contributed by atoms with Gasteiger partial charge in [-0.1, -0.05) is 0 Å². The minimum atomic E-state index is -1.20. The number of nitrogens with one attached hydrogen (secondary N) is 1. The fraction of sp³-hybridized carbons (Fsp3) is 0.500. The number of aromatic nitrogens is 1. The molecule has 0 saturated carbocycles. The number of ether oxygens (including phenoxy) is 2. The Kier molecular flexibility index (Phi) is 11.0. The summed E-state index contributed by atoms with van der Waals surface area (Å²) in [6.07, 6.45) is 5.14. The third-order valence-corrected chi connectivity index (χ3v) is 9.87. The van der Waals surface area contributed by atoms with Gasteiger partial charge in [-0.15, -0.1) is 11.8 Å². The molecular weight excluding hydrogens is 593 g/mol. The second kappa shape index (κ2) is 14.9. The normalized spacial score (nSPS) is 17.6. The molecule has 0 atom stereocenters. The number of hydroxylamine groups is 1. The van der Waals surface area contributed by atoms with Crippen molar-refractivity contribution in [3.8, 4) is 5.75 Å². The quantitative estimate of drug-likeness (QED) is 0.122. The summed E-state index contributed by atoms with van der Waals surface area (Å²) >= 11 is 1.07. The van der Waals surface area contributed by atoms with E-state index in [1.54, 1.807) is 7.11 Å². The molecule has 0 spiro atoms. The molecule has 238 valence electrons. The van der Waals surface area contributed by atoms with Gasteiger partial charge >= 0.3 is 0 Å². The highest BCUT2D eigenvalue weighted by molar-refractivity contribution is 7.99. The Bertz CT molecular complexity index is 1450. The molecule has 2 saturated heterocycles. The molecule has 0 unspecified atom stereocenters. The highest BCUT2D eigenvalue weighted by atomic mass is 32.2. The van der Waals surface area contributed by atoms with Crippen molar-refractivity contribution in [2.24, 2.45) is 5.41 Å². The summed E-state index contributed by atoms with van der Waals surface area (Å²) in [6, 6.07) is 7.43. The molecule has 8 nitrogen and oxygen atoms in total. The minimum Gasteiger partial charge on any atom is -0.497 e. The van der Waals surface area contributed by atoms with Crippen molar-refractivity contribution in [3.63, 3.8) is 0 Å². The molecule has 3 aromatic rings. The molecule has 2 N–H and O–H groups in total. The van der Waals surface area contributed by atoms with Crippen molar-refractivity contribution in [3.05, 3.63) is 65.1 Å². The van der Waals surface area contributed by atoms with E-state index in [1.165, 1.54) is 5.56 Å². The van der Waals surface area contributed by atoms with Crippen molar-refractivity contribution in [2.45, 2.75) is 43.5 Å². The predicted molar refractivity (Wildman–Crippen MR) is 162 cm³/mol. The number of amides is 1. The first kappa shape index (κ1) is 32.5. The molecule has 12 heteroatoms. The number of methoxy groups -OCH3 is 1. The van der Waals surface area contributed by atoms with E-state index < -0.39 is 22.9 Å². The average Bonchev–Trinajstić information content (AvgIpc) is 3.04. The smallest absolute Gasteiger partial charge is 0.249 e. The van der Waals surface area contributed by atoms with Gasteiger partial charge in [-0.3, -0.25) is 19.9 Å². The summed E-state index contributed by atoms with van der Waals surface area (Å²) in [4.78, 5) is 22.2. The van der Waals surface area contributed by atoms with E-state index in [0.717, 1.165) is 72.5 Å². The first-order valence-corrected chi connectivity index (χ1v) is 16.0. The number of fused-ring (bicyclic) bond motifs is 1. The van der Waals surface area contributed by atoms with Crippen LogP contribution in [0.15, 0.2) is 41.4 Å². The van der Waals surface area contributed by atoms with E-state index in [2.05, 4.69) is 9.80 Å². The number of morpholine rings is 1. The highest BCUT2D eigenvalue weighted by Gasteiger charge is 2.40. The summed E-state index contributed by atoms with van der Waals surface area (Å²) in [5.41, 5.74) is 4.42. The number of thioether (sulfide) groups is 1. The van der Waals surface area contributed by atoms with E-state index in [1.807, 2.05) is 29.9 Å². The van der Waals surface area contributed by atoms with Gasteiger partial charge in [0.2, 0.25) is 5.91 Å². The van der Waals surface area contributed by atoms with Gasteiger partial charge < -0.3 is 14.4 Å². The van der Waals surface area contributed by atoms with E-state index in [0.29, 0.717) is 63.9 Å². The number of carbonyl (C=O) groups is 1. The van der Waals surface area contributed by atoms with Gasteiger partial charge in [-0.2, -0.15) is 0 Å². The predicted octanol–water partition coefficient (Wildman–Crippen LogP) is 5.20. The van der Waals surface area contributed by atoms with Crippen LogP contribution < -0.4 is 10.2 Å². The second-order valence-electron chi connectivity index (χ2n) is 11.5. The van der Waals surface area contributed by atoms with Crippen LogP contribution in [-0.2, 0) is 22.5 Å². The molecule has 2 aliphatic heterocycles. The Hall–Kier alpha value is -2.90. The molecule has 44 heavy (non-hydrogen) atoms. The lowest BCUT2D eigenvalue weighted by Gasteiger charge is -2.40. The molecule has 2 fully saturated rings. The van der Waals surface area contributed by atoms with Gasteiger partial charge in [-0.05, 0) is 80.6 Å². The van der Waals surface area contributed by atoms with Gasteiger partial charge in [0.05, 0.1) is 31.3 Å². The molecule has 5 rings (SSSR count). The van der Waals surface area contributed by atoms with E-state index in [-0.39, 0.29) is 10.8 Å². The topological polar surface area (TPSA) is 87.2 Å². The van der Waals surface area contributed by atoms with Crippen LogP contribution in [0.2, 0.25) is 0 Å². The number of piperidine rings is 1. The zero-order chi connectivity index (χ0) is 31.1. The molecule has 0 bridgehead atoms. The Morgan fingerprint density at radius 2 is 1.89 bits per heavy atom. The molecule has 1 amide bonds. The van der Waals surface area contributed by atoms with Gasteiger partial charge in [-0.25, -0.2) is 18.7 Å². The van der Waals surface area contributed by atoms with Crippen molar-refractivity contribution in [2.75, 3.05) is 58.8 Å². The Labute approximate surface area is 259 Å². The van der Waals surface area contributed by atoms with Crippen molar-refractivity contribution in [1.82, 2.24) is 20.3 Å². The summed E-state index contributed by atoms with van der Waals surface area (Å²) in [5.74, 6) is -2.21. The van der Waals surface area contributed by atoms with Crippen LogP contribution >= 0.6 is 11.8 Å². The van der Waals surface area contributed by atoms with Gasteiger partial charge in [0.25, 0.3) is 0 Å². The number of likely N-dealkylation sites (tertiary alicyclic amines) is 1. The minimum absolute atomic E-state index is 0.0530. The van der Waals surface area contributed by atoms with Crippen LogP contribution in [0.5, 0.6) is 5.75 Å². The van der Waals surface area contributed by atoms with Gasteiger partial charge in [0, 0.05) is 54.5 Å². The first-order valence-electron chi connectivity index (χ1n) is 15.0. The number of halogens is 3. The molecule has 3 heterocycles. The third kappa shape index (κ3) is 7.66. The number of aryl methyl sites for hydroxylation is 1. The fourth-order valence-electron chi connectivity index (χ4n) is 6.27. The number of benzene rings is 2. The molecule has 2 aromatic carbocycles. The Balaban J connectivity index is 1.24. The van der Waals surface area contributed by atoms with Gasteiger partial charge in [0.1, 0.15) is 11.6 Å². The van der Waals surface area contributed by atoms with Crippen LogP contribution in [0.1, 0.15) is 36.8 Å². The molecule has 0 radical (unpaired) electrons. The maximum absolute atomic E-state index is 14.0. The van der Waals surface area contributed by atoms with E-state index in [9.17, 15) is 23.2 Å². The zero-order valence-corrected chi connectivity index (χ0v) is 25.7. The Morgan fingerprint density at radius 1 is 1.11 bits per heavy atom. The lowest BCUT2D eigenvalue weighted by Crippen LogP contribution is -2.48. The average molecular weight is 633 g/mol. The molecule has 2 aliphatic rings. The zero-order valence-electron chi connectivity index (χ0n) is 24.9. The van der Waals surface area contributed by atoms with Crippen LogP contribution in [-0.4, -0.2) is 84.7 Å². The summed E-state index contributed by atoms with van der Waals surface area (Å²) in [5, 5.41) is 10.7. The number of pyridine rings is 1. The SMILES string of the molecule is COc1ccc2ncc(CN3CCOCC3)c(CCCC3(C(=O)NO)CCN(CCSc4cc(F)cc(F)c4F)CC3)c2c1. The number of rotatable bonds is 12. The van der Waals surface area contributed by atoms with Crippen molar-refractivity contribution < 1.29 is 32.6 Å². The summed E-state index contributed by atoms with van der Waals surface area (Å²) < 4.78 is 52.1. The van der Waals surface area contributed by atoms with E-state index in [4.69, 9.17) is 14.5 Å². The maximum atomic E-state index is 14.0. The highest BCUT2D eigenvalue weighted by Crippen LogP contribution is 2.38. The van der Waals surface area contributed by atoms with Crippen LogP contribution in [0.4, 0.5) is 13.2 Å². The number of hydrogen-bond acceptors (Lipinski definition) is 8. The summed E-state index contributed by atoms with van der Waals surface area (Å²) in [6.45, 7) is 5.71. The standard InChI is InChI=1S/C32H39F3N4O4S/c1-42-24-4-5-28-26(19-24)25(22(20-36-28)21-39-11-14-43-15-12-39)3-2-6-32(31(40)37-41)7-9-38(10-8-32)13-16-44-29-18-23(33)17-27(34)30(29)35/h4-5,17-20,41H,2-3,6-16,21H2,1H3,(H,37,40).